The maximum Gasteiger partial charge on any atom is 0.295 e. The fourth-order valence-electron chi connectivity index (χ4n) is 4.11. The Morgan fingerprint density at radius 1 is 1.06 bits per heavy atom. The molecule has 1 atom stereocenters. The van der Waals surface area contributed by atoms with Gasteiger partial charge in [0.05, 0.1) is 37.5 Å². The van der Waals surface area contributed by atoms with Gasteiger partial charge in [-0.05, 0) is 69.9 Å². The van der Waals surface area contributed by atoms with E-state index in [9.17, 15) is 14.7 Å². The smallest absolute Gasteiger partial charge is 0.295 e. The van der Waals surface area contributed by atoms with Gasteiger partial charge in [0.2, 0.25) is 0 Å². The highest BCUT2D eigenvalue weighted by Gasteiger charge is 2.46. The van der Waals surface area contributed by atoms with E-state index in [1.807, 2.05) is 25.9 Å². The molecule has 1 heterocycles. The van der Waals surface area contributed by atoms with Crippen molar-refractivity contribution < 1.29 is 28.9 Å². The van der Waals surface area contributed by atoms with E-state index in [1.54, 1.807) is 30.3 Å². The second-order valence-corrected chi connectivity index (χ2v) is 8.75. The first-order valence-corrected chi connectivity index (χ1v) is 11.7. The summed E-state index contributed by atoms with van der Waals surface area (Å²) in [5, 5.41) is 11.6. The summed E-state index contributed by atoms with van der Waals surface area (Å²) in [6.07, 6.45) is 0.652. The molecule has 1 N–H and O–H groups in total. The van der Waals surface area contributed by atoms with Gasteiger partial charge in [-0.25, -0.2) is 0 Å². The molecule has 1 amide bonds. The highest BCUT2D eigenvalue weighted by atomic mass is 35.5. The van der Waals surface area contributed by atoms with Crippen LogP contribution in [0.4, 0.5) is 0 Å². The van der Waals surface area contributed by atoms with Crippen molar-refractivity contribution in [3.8, 4) is 17.2 Å². The van der Waals surface area contributed by atoms with Crippen molar-refractivity contribution in [3.63, 3.8) is 0 Å². The number of nitrogens with zero attached hydrogens (tertiary/aromatic N) is 2. The van der Waals surface area contributed by atoms with Crippen molar-refractivity contribution in [1.29, 1.82) is 0 Å². The fourth-order valence-corrected chi connectivity index (χ4v) is 4.35. The zero-order valence-corrected chi connectivity index (χ0v) is 21.4. The second-order valence-electron chi connectivity index (χ2n) is 8.34. The normalized spacial score (nSPS) is 17.2. The molecule has 9 heteroatoms. The van der Waals surface area contributed by atoms with E-state index in [0.717, 1.165) is 6.54 Å². The number of rotatable bonds is 10. The third-order valence-corrected chi connectivity index (χ3v) is 6.07. The molecule has 8 nitrogen and oxygen atoms in total. The molecule has 0 aromatic heterocycles. The average molecular weight is 503 g/mol. The van der Waals surface area contributed by atoms with Crippen LogP contribution in [-0.2, 0) is 9.59 Å². The molecule has 188 valence electrons. The molecule has 2 aromatic carbocycles. The van der Waals surface area contributed by atoms with Crippen molar-refractivity contribution in [2.24, 2.45) is 0 Å². The van der Waals surface area contributed by atoms with Gasteiger partial charge < -0.3 is 29.1 Å². The van der Waals surface area contributed by atoms with Crippen LogP contribution in [0.15, 0.2) is 42.0 Å². The molecule has 35 heavy (non-hydrogen) atoms. The average Bonchev–Trinajstić information content (AvgIpc) is 3.09. The molecule has 0 bridgehead atoms. The van der Waals surface area contributed by atoms with Gasteiger partial charge in [-0.3, -0.25) is 9.59 Å². The fraction of sp³-hybridized carbons (Fsp3) is 0.385. The molecule has 1 aliphatic heterocycles. The van der Waals surface area contributed by atoms with Crippen LogP contribution < -0.4 is 14.2 Å². The van der Waals surface area contributed by atoms with Crippen LogP contribution >= 0.6 is 11.6 Å². The van der Waals surface area contributed by atoms with Crippen LogP contribution in [0.1, 0.15) is 30.5 Å². The Kier molecular flexibility index (Phi) is 8.64. The number of hydrogen-bond donors (Lipinski definition) is 1. The Balaban J connectivity index is 2.14. The SMILES string of the molecule is CCOc1ccc(C(O)=C2C(=O)C(=O)N(CCCN(C)C)[C@@H]2c2ccc(OC)c(OC)c2)cc1Cl. The Hall–Kier alpha value is -3.23. The Morgan fingerprint density at radius 3 is 2.34 bits per heavy atom. The largest absolute Gasteiger partial charge is 0.507 e. The molecule has 1 aliphatic rings. The lowest BCUT2D eigenvalue weighted by molar-refractivity contribution is -0.139. The van der Waals surface area contributed by atoms with Crippen LogP contribution in [0.2, 0.25) is 5.02 Å². The van der Waals surface area contributed by atoms with Gasteiger partial charge in [0.25, 0.3) is 11.7 Å². The Labute approximate surface area is 210 Å². The summed E-state index contributed by atoms with van der Waals surface area (Å²) in [6, 6.07) is 9.13. The molecular formula is C26H31ClN2O6. The van der Waals surface area contributed by atoms with Gasteiger partial charge >= 0.3 is 0 Å². The van der Waals surface area contributed by atoms with E-state index in [2.05, 4.69) is 0 Å². The van der Waals surface area contributed by atoms with Gasteiger partial charge in [-0.1, -0.05) is 17.7 Å². The first kappa shape index (κ1) is 26.4. The lowest BCUT2D eigenvalue weighted by Gasteiger charge is -2.26. The van der Waals surface area contributed by atoms with Gasteiger partial charge in [0, 0.05) is 12.1 Å². The molecule has 1 saturated heterocycles. The topological polar surface area (TPSA) is 88.5 Å². The monoisotopic (exact) mass is 502 g/mol. The highest BCUT2D eigenvalue weighted by molar-refractivity contribution is 6.46. The van der Waals surface area contributed by atoms with E-state index in [0.29, 0.717) is 53.0 Å². The molecule has 0 unspecified atom stereocenters. The van der Waals surface area contributed by atoms with Gasteiger partial charge in [-0.15, -0.1) is 0 Å². The minimum absolute atomic E-state index is 0.00713. The van der Waals surface area contributed by atoms with E-state index in [1.165, 1.54) is 25.2 Å². The highest BCUT2D eigenvalue weighted by Crippen LogP contribution is 2.42. The summed E-state index contributed by atoms with van der Waals surface area (Å²) in [7, 11) is 6.92. The second kappa shape index (κ2) is 11.5. The Morgan fingerprint density at radius 2 is 1.74 bits per heavy atom. The third kappa shape index (κ3) is 5.55. The summed E-state index contributed by atoms with van der Waals surface area (Å²) in [6.45, 7) is 3.34. The number of methoxy groups -OCH3 is 2. The van der Waals surface area contributed by atoms with E-state index < -0.39 is 17.7 Å². The maximum atomic E-state index is 13.2. The number of carbonyl (C=O) groups is 2. The number of likely N-dealkylation sites (tertiary alicyclic amines) is 1. The number of aliphatic hydroxyl groups excluding tert-OH is 1. The zero-order valence-electron chi connectivity index (χ0n) is 20.6. The van der Waals surface area contributed by atoms with Crippen LogP contribution in [0, 0.1) is 0 Å². The number of amides is 1. The van der Waals surface area contributed by atoms with Gasteiger partial charge in [0.1, 0.15) is 11.5 Å². The summed E-state index contributed by atoms with van der Waals surface area (Å²) < 4.78 is 16.2. The van der Waals surface area contributed by atoms with Crippen molar-refractivity contribution in [2.75, 3.05) is 48.0 Å². The number of ether oxygens (including phenoxy) is 3. The van der Waals surface area contributed by atoms with E-state index in [-0.39, 0.29) is 11.3 Å². The number of ketones is 1. The molecule has 0 aliphatic carbocycles. The lowest BCUT2D eigenvalue weighted by atomic mass is 9.95. The predicted molar refractivity (Wildman–Crippen MR) is 134 cm³/mol. The number of carbonyl (C=O) groups excluding carboxylic acids is 2. The minimum atomic E-state index is -0.803. The van der Waals surface area contributed by atoms with Crippen LogP contribution in [-0.4, -0.2) is 74.6 Å². The van der Waals surface area contributed by atoms with Crippen molar-refractivity contribution in [2.45, 2.75) is 19.4 Å². The molecule has 0 spiro atoms. The quantitative estimate of drug-likeness (QED) is 0.297. The maximum absolute atomic E-state index is 13.2. The molecule has 0 radical (unpaired) electrons. The molecule has 1 fully saturated rings. The Bertz CT molecular complexity index is 1130. The number of hydrogen-bond acceptors (Lipinski definition) is 7. The van der Waals surface area contributed by atoms with E-state index >= 15 is 0 Å². The summed E-state index contributed by atoms with van der Waals surface area (Å²) in [5.41, 5.74) is 0.924. The molecule has 0 saturated carbocycles. The standard InChI is InChI=1S/C26H31ClN2O6/c1-6-35-19-10-9-17(14-18(19)27)24(30)22-23(16-8-11-20(33-4)21(15-16)34-5)29(26(32)25(22)31)13-7-12-28(2)3/h8-11,14-15,23,30H,6-7,12-13H2,1-5H3/t23-/m1/s1. The van der Waals surface area contributed by atoms with E-state index in [4.69, 9.17) is 25.8 Å². The van der Waals surface area contributed by atoms with Gasteiger partial charge in [-0.2, -0.15) is 0 Å². The lowest BCUT2D eigenvalue weighted by Crippen LogP contribution is -2.32. The summed E-state index contributed by atoms with van der Waals surface area (Å²) >= 11 is 6.32. The predicted octanol–water partition coefficient (Wildman–Crippen LogP) is 4.13. The number of benzene rings is 2. The third-order valence-electron chi connectivity index (χ3n) is 5.77. The van der Waals surface area contributed by atoms with Crippen LogP contribution in [0.25, 0.3) is 5.76 Å². The molecule has 3 rings (SSSR count). The van der Waals surface area contributed by atoms with Crippen molar-refractivity contribution in [3.05, 3.63) is 58.1 Å². The zero-order chi connectivity index (χ0) is 25.7. The van der Waals surface area contributed by atoms with Gasteiger partial charge in [0.15, 0.2) is 11.5 Å². The number of aliphatic hydroxyl groups is 1. The van der Waals surface area contributed by atoms with Crippen LogP contribution in [0.5, 0.6) is 17.2 Å². The summed E-state index contributed by atoms with van der Waals surface area (Å²) in [4.78, 5) is 29.8. The minimum Gasteiger partial charge on any atom is -0.507 e. The molecule has 2 aromatic rings. The first-order chi connectivity index (χ1) is 16.7. The number of Topliss-reactive ketones (excluding diaryl/α,β-unsaturated/α-hetero) is 1. The summed E-state index contributed by atoms with van der Waals surface area (Å²) in [5.74, 6) is -0.291. The van der Waals surface area contributed by atoms with Crippen molar-refractivity contribution in [1.82, 2.24) is 9.80 Å². The van der Waals surface area contributed by atoms with Crippen molar-refractivity contribution >= 4 is 29.1 Å². The molecular weight excluding hydrogens is 472 g/mol. The first-order valence-electron chi connectivity index (χ1n) is 11.3. The number of halogens is 1. The van der Waals surface area contributed by atoms with Crippen LogP contribution in [0.3, 0.4) is 0 Å².